The normalized spacial score (nSPS) is 23.8. The minimum absolute atomic E-state index is 0.170. The van der Waals surface area contributed by atoms with Crippen molar-refractivity contribution in [2.75, 3.05) is 6.54 Å². The van der Waals surface area contributed by atoms with Crippen LogP contribution in [0, 0.1) is 0 Å². The highest BCUT2D eigenvalue weighted by Crippen LogP contribution is 2.17. The number of aromatic nitrogens is 1. The molecule has 1 unspecified atom stereocenters. The van der Waals surface area contributed by atoms with E-state index in [0.29, 0.717) is 12.6 Å². The third-order valence-corrected chi connectivity index (χ3v) is 3.38. The third kappa shape index (κ3) is 2.88. The van der Waals surface area contributed by atoms with Gasteiger partial charge in [0.25, 0.3) is 0 Å². The Balaban J connectivity index is 2.14. The Hall–Kier alpha value is -1.42. The number of nitrogens with zero attached hydrogens (tertiary/aromatic N) is 2. The highest BCUT2D eigenvalue weighted by molar-refractivity contribution is 5.85. The lowest BCUT2D eigenvalue weighted by atomic mass is 10.0. The van der Waals surface area contributed by atoms with E-state index in [1.54, 1.807) is 12.4 Å². The van der Waals surface area contributed by atoms with Crippen LogP contribution in [0.5, 0.6) is 0 Å². The SMILES string of the molecule is CC1CCN(Cc2ccncc2)C(=O)C(C)(C)N1. The van der Waals surface area contributed by atoms with Crippen LogP contribution in [0.15, 0.2) is 24.5 Å². The summed E-state index contributed by atoms with van der Waals surface area (Å²) < 4.78 is 0. The summed E-state index contributed by atoms with van der Waals surface area (Å²) in [5.74, 6) is 0.170. The van der Waals surface area contributed by atoms with Gasteiger partial charge in [0.15, 0.2) is 0 Å². The lowest BCUT2D eigenvalue weighted by Gasteiger charge is -2.29. The number of carbonyl (C=O) groups is 1. The smallest absolute Gasteiger partial charge is 0.242 e. The number of pyridine rings is 1. The van der Waals surface area contributed by atoms with Crippen molar-refractivity contribution in [1.29, 1.82) is 0 Å². The topological polar surface area (TPSA) is 45.2 Å². The monoisotopic (exact) mass is 247 g/mol. The molecule has 1 amide bonds. The molecule has 0 bridgehead atoms. The predicted octanol–water partition coefficient (Wildman–Crippen LogP) is 1.57. The zero-order chi connectivity index (χ0) is 13.2. The molecular weight excluding hydrogens is 226 g/mol. The molecule has 98 valence electrons. The number of carbonyl (C=O) groups excluding carboxylic acids is 1. The van der Waals surface area contributed by atoms with E-state index in [1.807, 2.05) is 30.9 Å². The molecule has 2 heterocycles. The first-order chi connectivity index (χ1) is 8.49. The van der Waals surface area contributed by atoms with Gasteiger partial charge in [0, 0.05) is 31.5 Å². The second-order valence-corrected chi connectivity index (χ2v) is 5.54. The first-order valence-electron chi connectivity index (χ1n) is 6.45. The number of amides is 1. The minimum Gasteiger partial charge on any atom is -0.337 e. The Morgan fingerprint density at radius 3 is 2.78 bits per heavy atom. The molecule has 1 atom stereocenters. The average Bonchev–Trinajstić information content (AvgIpc) is 2.42. The molecule has 2 rings (SSSR count). The van der Waals surface area contributed by atoms with Crippen LogP contribution in [0.2, 0.25) is 0 Å². The zero-order valence-corrected chi connectivity index (χ0v) is 11.3. The Kier molecular flexibility index (Phi) is 3.66. The summed E-state index contributed by atoms with van der Waals surface area (Å²) in [4.78, 5) is 18.4. The molecule has 1 fully saturated rings. The standard InChI is InChI=1S/C14H21N3O/c1-11-6-9-17(13(18)14(2,3)16-11)10-12-4-7-15-8-5-12/h4-5,7-8,11,16H,6,9-10H2,1-3H3. The largest absolute Gasteiger partial charge is 0.337 e. The Labute approximate surface area is 108 Å². The molecule has 1 aliphatic heterocycles. The molecule has 1 aliphatic rings. The molecule has 4 nitrogen and oxygen atoms in total. The van der Waals surface area contributed by atoms with Crippen LogP contribution in [0.25, 0.3) is 0 Å². The highest BCUT2D eigenvalue weighted by Gasteiger charge is 2.35. The molecule has 0 spiro atoms. The first-order valence-corrected chi connectivity index (χ1v) is 6.45. The van der Waals surface area contributed by atoms with E-state index in [2.05, 4.69) is 17.2 Å². The molecule has 1 saturated heterocycles. The maximum atomic E-state index is 12.5. The van der Waals surface area contributed by atoms with E-state index >= 15 is 0 Å². The highest BCUT2D eigenvalue weighted by atomic mass is 16.2. The Morgan fingerprint density at radius 1 is 1.44 bits per heavy atom. The summed E-state index contributed by atoms with van der Waals surface area (Å²) in [5.41, 5.74) is 0.645. The van der Waals surface area contributed by atoms with Crippen LogP contribution in [0.1, 0.15) is 32.8 Å². The Bertz CT molecular complexity index is 416. The van der Waals surface area contributed by atoms with Crippen molar-refractivity contribution in [3.05, 3.63) is 30.1 Å². The molecule has 1 aromatic rings. The van der Waals surface area contributed by atoms with Crippen molar-refractivity contribution < 1.29 is 4.79 Å². The van der Waals surface area contributed by atoms with Gasteiger partial charge in [-0.1, -0.05) is 0 Å². The van der Waals surface area contributed by atoms with Crippen LogP contribution in [0.3, 0.4) is 0 Å². The second kappa shape index (κ2) is 5.06. The van der Waals surface area contributed by atoms with Crippen LogP contribution < -0.4 is 5.32 Å². The van der Waals surface area contributed by atoms with Crippen LogP contribution >= 0.6 is 0 Å². The average molecular weight is 247 g/mol. The van der Waals surface area contributed by atoms with E-state index in [-0.39, 0.29) is 5.91 Å². The van der Waals surface area contributed by atoms with Crippen molar-refractivity contribution >= 4 is 5.91 Å². The molecule has 0 aliphatic carbocycles. The van der Waals surface area contributed by atoms with Crippen LogP contribution in [-0.2, 0) is 11.3 Å². The quantitative estimate of drug-likeness (QED) is 0.863. The van der Waals surface area contributed by atoms with Gasteiger partial charge >= 0.3 is 0 Å². The zero-order valence-electron chi connectivity index (χ0n) is 11.3. The lowest BCUT2D eigenvalue weighted by Crippen LogP contribution is -2.53. The van der Waals surface area contributed by atoms with Crippen molar-refractivity contribution in [3.8, 4) is 0 Å². The van der Waals surface area contributed by atoms with Gasteiger partial charge in [-0.25, -0.2) is 0 Å². The fourth-order valence-corrected chi connectivity index (χ4v) is 2.46. The van der Waals surface area contributed by atoms with Crippen molar-refractivity contribution in [1.82, 2.24) is 15.2 Å². The van der Waals surface area contributed by atoms with Crippen molar-refractivity contribution in [2.24, 2.45) is 0 Å². The minimum atomic E-state index is -0.483. The predicted molar refractivity (Wildman–Crippen MR) is 70.9 cm³/mol. The molecule has 4 heteroatoms. The van der Waals surface area contributed by atoms with Gasteiger partial charge in [-0.3, -0.25) is 9.78 Å². The van der Waals surface area contributed by atoms with Gasteiger partial charge in [-0.15, -0.1) is 0 Å². The van der Waals surface area contributed by atoms with Gasteiger partial charge in [0.1, 0.15) is 0 Å². The molecule has 18 heavy (non-hydrogen) atoms. The van der Waals surface area contributed by atoms with E-state index < -0.39 is 5.54 Å². The van der Waals surface area contributed by atoms with Crippen LogP contribution in [-0.4, -0.2) is 33.9 Å². The number of hydrogen-bond acceptors (Lipinski definition) is 3. The maximum Gasteiger partial charge on any atom is 0.242 e. The fourth-order valence-electron chi connectivity index (χ4n) is 2.46. The summed E-state index contributed by atoms with van der Waals surface area (Å²) >= 11 is 0. The summed E-state index contributed by atoms with van der Waals surface area (Å²) in [6.07, 6.45) is 4.52. The lowest BCUT2D eigenvalue weighted by molar-refractivity contribution is -0.136. The van der Waals surface area contributed by atoms with E-state index in [1.165, 1.54) is 0 Å². The van der Waals surface area contributed by atoms with E-state index in [4.69, 9.17) is 0 Å². The van der Waals surface area contributed by atoms with Gasteiger partial charge < -0.3 is 10.2 Å². The summed E-state index contributed by atoms with van der Waals surface area (Å²) in [7, 11) is 0. The molecule has 0 saturated carbocycles. The Morgan fingerprint density at radius 2 is 2.11 bits per heavy atom. The van der Waals surface area contributed by atoms with Gasteiger partial charge in [0.05, 0.1) is 5.54 Å². The molecule has 1 aromatic heterocycles. The van der Waals surface area contributed by atoms with E-state index in [0.717, 1.165) is 18.5 Å². The van der Waals surface area contributed by atoms with Crippen molar-refractivity contribution in [3.63, 3.8) is 0 Å². The molecule has 0 aromatic carbocycles. The first kappa shape index (κ1) is 13.0. The van der Waals surface area contributed by atoms with Gasteiger partial charge in [-0.2, -0.15) is 0 Å². The summed E-state index contributed by atoms with van der Waals surface area (Å²) in [6.45, 7) is 7.51. The number of rotatable bonds is 2. The van der Waals surface area contributed by atoms with Gasteiger partial charge in [0.2, 0.25) is 5.91 Å². The van der Waals surface area contributed by atoms with E-state index in [9.17, 15) is 4.79 Å². The molecule has 0 radical (unpaired) electrons. The van der Waals surface area contributed by atoms with Gasteiger partial charge in [-0.05, 0) is 44.9 Å². The summed E-state index contributed by atoms with van der Waals surface area (Å²) in [5, 5.41) is 3.38. The summed E-state index contributed by atoms with van der Waals surface area (Å²) in [6, 6.07) is 4.29. The second-order valence-electron chi connectivity index (χ2n) is 5.54. The molecular formula is C14H21N3O. The van der Waals surface area contributed by atoms with Crippen LogP contribution in [0.4, 0.5) is 0 Å². The number of nitrogens with one attached hydrogen (secondary N) is 1. The maximum absolute atomic E-state index is 12.5. The third-order valence-electron chi connectivity index (χ3n) is 3.38. The van der Waals surface area contributed by atoms with Crippen molar-refractivity contribution in [2.45, 2.75) is 45.3 Å². The fraction of sp³-hybridized carbons (Fsp3) is 0.571. The molecule has 1 N–H and O–H groups in total. The number of hydrogen-bond donors (Lipinski definition) is 1.